The monoisotopic (exact) mass is 351 g/mol. The maximum Gasteiger partial charge on any atom is 0.410 e. The van der Waals surface area contributed by atoms with Crippen molar-refractivity contribution in [3.63, 3.8) is 0 Å². The van der Waals surface area contributed by atoms with Gasteiger partial charge in [-0.3, -0.25) is 0 Å². The second-order valence-corrected chi connectivity index (χ2v) is 7.33. The Bertz CT molecular complexity index is 588. The van der Waals surface area contributed by atoms with Crippen molar-refractivity contribution in [1.29, 1.82) is 0 Å². The summed E-state index contributed by atoms with van der Waals surface area (Å²) in [4.78, 5) is 13.9. The second-order valence-electron chi connectivity index (χ2n) is 7.33. The third-order valence-corrected chi connectivity index (χ3v) is 4.39. The number of ether oxygens (including phenoxy) is 3. The van der Waals surface area contributed by atoms with E-state index < -0.39 is 11.7 Å². The van der Waals surface area contributed by atoms with Gasteiger partial charge in [-0.05, 0) is 45.6 Å². The summed E-state index contributed by atoms with van der Waals surface area (Å²) < 4.78 is 16.1. The highest BCUT2D eigenvalue weighted by molar-refractivity contribution is 5.68. The van der Waals surface area contributed by atoms with Gasteiger partial charge in [0.15, 0.2) is 11.5 Å². The van der Waals surface area contributed by atoms with Gasteiger partial charge < -0.3 is 24.2 Å². The third-order valence-electron chi connectivity index (χ3n) is 4.39. The zero-order chi connectivity index (χ0) is 18.6. The number of para-hydroxylation sites is 1. The van der Waals surface area contributed by atoms with Gasteiger partial charge in [0.2, 0.25) is 0 Å². The minimum Gasteiger partial charge on any atom is -0.493 e. The maximum absolute atomic E-state index is 12.1. The van der Waals surface area contributed by atoms with Gasteiger partial charge in [-0.15, -0.1) is 0 Å². The second kappa shape index (κ2) is 7.95. The van der Waals surface area contributed by atoms with Crippen molar-refractivity contribution in [1.82, 2.24) is 4.90 Å². The number of methoxy groups -OCH3 is 2. The molecule has 2 rings (SSSR count). The lowest BCUT2D eigenvalue weighted by Crippen LogP contribution is -2.42. The summed E-state index contributed by atoms with van der Waals surface area (Å²) >= 11 is 0. The van der Waals surface area contributed by atoms with Crippen LogP contribution in [0.5, 0.6) is 11.5 Å². The average molecular weight is 351 g/mol. The van der Waals surface area contributed by atoms with Gasteiger partial charge in [-0.1, -0.05) is 12.1 Å². The van der Waals surface area contributed by atoms with Gasteiger partial charge >= 0.3 is 6.09 Å². The van der Waals surface area contributed by atoms with Crippen molar-refractivity contribution in [2.24, 2.45) is 5.92 Å². The lowest BCUT2D eigenvalue weighted by molar-refractivity contribution is 0.00735. The number of carbonyl (C=O) groups is 1. The summed E-state index contributed by atoms with van der Waals surface area (Å²) in [5, 5.41) is 10.8. The summed E-state index contributed by atoms with van der Waals surface area (Å²) in [7, 11) is 3.15. The fourth-order valence-electron chi connectivity index (χ4n) is 3.12. The van der Waals surface area contributed by atoms with Crippen molar-refractivity contribution in [2.45, 2.75) is 45.3 Å². The van der Waals surface area contributed by atoms with E-state index in [4.69, 9.17) is 14.2 Å². The quantitative estimate of drug-likeness (QED) is 0.900. The molecular formula is C19H29NO5. The fourth-order valence-corrected chi connectivity index (χ4v) is 3.12. The summed E-state index contributed by atoms with van der Waals surface area (Å²) in [6.07, 6.45) is 0.465. The predicted molar refractivity (Wildman–Crippen MR) is 95.0 cm³/mol. The lowest BCUT2D eigenvalue weighted by atomic mass is 9.87. The number of aliphatic hydroxyl groups is 1. The molecular weight excluding hydrogens is 322 g/mol. The summed E-state index contributed by atoms with van der Waals surface area (Å²) in [6, 6.07) is 5.50. The molecule has 0 aromatic heterocycles. The van der Waals surface area contributed by atoms with Crippen LogP contribution in [0.25, 0.3) is 0 Å². The Kier molecular flexibility index (Phi) is 6.16. The van der Waals surface area contributed by atoms with E-state index in [1.807, 2.05) is 32.9 Å². The molecule has 1 aliphatic rings. The molecule has 1 N–H and O–H groups in total. The first-order chi connectivity index (χ1) is 11.8. The molecule has 1 heterocycles. The molecule has 1 amide bonds. The normalized spacial score (nSPS) is 17.1. The van der Waals surface area contributed by atoms with Gasteiger partial charge in [0.25, 0.3) is 0 Å². The van der Waals surface area contributed by atoms with Crippen LogP contribution in [0.2, 0.25) is 0 Å². The number of hydrogen-bond donors (Lipinski definition) is 1. The van der Waals surface area contributed by atoms with E-state index in [1.165, 1.54) is 0 Å². The number of piperidine rings is 1. The number of carbonyl (C=O) groups excluding carboxylic acids is 1. The molecule has 6 nitrogen and oxygen atoms in total. The van der Waals surface area contributed by atoms with Crippen LogP contribution in [0.1, 0.15) is 45.3 Å². The number of benzene rings is 1. The minimum atomic E-state index is -0.661. The SMILES string of the molecule is COc1cccc([C@H](O)C2CCN(C(=O)OC(C)(C)C)CC2)c1OC. The van der Waals surface area contributed by atoms with Gasteiger partial charge in [0.1, 0.15) is 5.60 Å². The largest absolute Gasteiger partial charge is 0.493 e. The molecule has 0 saturated carbocycles. The molecule has 0 aliphatic carbocycles. The molecule has 0 unspecified atom stereocenters. The Labute approximate surface area is 149 Å². The molecule has 1 aromatic rings. The van der Waals surface area contributed by atoms with Crippen LogP contribution >= 0.6 is 0 Å². The number of hydrogen-bond acceptors (Lipinski definition) is 5. The number of nitrogens with zero attached hydrogens (tertiary/aromatic N) is 1. The van der Waals surface area contributed by atoms with Gasteiger partial charge in [0.05, 0.1) is 20.3 Å². The highest BCUT2D eigenvalue weighted by atomic mass is 16.6. The first kappa shape index (κ1) is 19.4. The van der Waals surface area contributed by atoms with Crippen molar-refractivity contribution in [3.05, 3.63) is 23.8 Å². The Balaban J connectivity index is 2.02. The highest BCUT2D eigenvalue weighted by Gasteiger charge is 2.32. The maximum atomic E-state index is 12.1. The molecule has 0 bridgehead atoms. The Hall–Kier alpha value is -1.95. The standard InChI is InChI=1S/C19H29NO5/c1-19(2,3)25-18(22)20-11-9-13(10-12-20)16(21)14-7-6-8-15(23-4)17(14)24-5/h6-8,13,16,21H,9-12H2,1-5H3/t16-/m1/s1. The van der Waals surface area contributed by atoms with Crippen LogP contribution in [0.15, 0.2) is 18.2 Å². The summed E-state index contributed by atoms with van der Waals surface area (Å²) in [5.74, 6) is 1.22. The minimum absolute atomic E-state index is 0.0553. The van der Waals surface area contributed by atoms with E-state index in [-0.39, 0.29) is 12.0 Å². The van der Waals surface area contributed by atoms with Crippen molar-refractivity contribution in [3.8, 4) is 11.5 Å². The van der Waals surface area contributed by atoms with Crippen molar-refractivity contribution < 1.29 is 24.1 Å². The summed E-state index contributed by atoms with van der Waals surface area (Å²) in [5.41, 5.74) is 0.221. The van der Waals surface area contributed by atoms with E-state index in [9.17, 15) is 9.90 Å². The molecule has 0 spiro atoms. The number of amides is 1. The molecule has 1 atom stereocenters. The van der Waals surface area contributed by atoms with Crippen LogP contribution in [-0.4, -0.2) is 49.0 Å². The molecule has 6 heteroatoms. The van der Waals surface area contributed by atoms with Crippen molar-refractivity contribution in [2.75, 3.05) is 27.3 Å². The lowest BCUT2D eigenvalue weighted by Gasteiger charge is -2.35. The van der Waals surface area contributed by atoms with E-state index in [0.717, 1.165) is 5.56 Å². The third kappa shape index (κ3) is 4.78. The number of likely N-dealkylation sites (tertiary alicyclic amines) is 1. The predicted octanol–water partition coefficient (Wildman–Crippen LogP) is 3.38. The van der Waals surface area contributed by atoms with E-state index in [0.29, 0.717) is 37.4 Å². The van der Waals surface area contributed by atoms with Gasteiger partial charge in [0, 0.05) is 18.7 Å². The average Bonchev–Trinajstić information content (AvgIpc) is 2.58. The Morgan fingerprint density at radius 2 is 1.84 bits per heavy atom. The Morgan fingerprint density at radius 1 is 1.20 bits per heavy atom. The van der Waals surface area contributed by atoms with Crippen LogP contribution in [0.3, 0.4) is 0 Å². The first-order valence-corrected chi connectivity index (χ1v) is 8.63. The topological polar surface area (TPSA) is 68.2 Å². The number of rotatable bonds is 4. The highest BCUT2D eigenvalue weighted by Crippen LogP contribution is 2.40. The zero-order valence-corrected chi connectivity index (χ0v) is 15.7. The van der Waals surface area contributed by atoms with Crippen LogP contribution < -0.4 is 9.47 Å². The van der Waals surface area contributed by atoms with Gasteiger partial charge in [-0.2, -0.15) is 0 Å². The molecule has 1 aliphatic heterocycles. The molecule has 25 heavy (non-hydrogen) atoms. The van der Waals surface area contributed by atoms with Crippen LogP contribution in [0, 0.1) is 5.92 Å². The van der Waals surface area contributed by atoms with E-state index in [1.54, 1.807) is 25.2 Å². The van der Waals surface area contributed by atoms with Crippen LogP contribution in [0.4, 0.5) is 4.79 Å². The molecule has 1 saturated heterocycles. The van der Waals surface area contributed by atoms with Gasteiger partial charge in [-0.25, -0.2) is 4.79 Å². The molecule has 1 aromatic carbocycles. The number of aliphatic hydroxyl groups excluding tert-OH is 1. The van der Waals surface area contributed by atoms with Crippen molar-refractivity contribution >= 4 is 6.09 Å². The molecule has 1 fully saturated rings. The van der Waals surface area contributed by atoms with E-state index >= 15 is 0 Å². The molecule has 140 valence electrons. The van der Waals surface area contributed by atoms with E-state index in [2.05, 4.69) is 0 Å². The summed E-state index contributed by atoms with van der Waals surface area (Å²) in [6.45, 7) is 6.72. The fraction of sp³-hybridized carbons (Fsp3) is 0.632. The zero-order valence-electron chi connectivity index (χ0n) is 15.7. The van der Waals surface area contributed by atoms with Crippen LogP contribution in [-0.2, 0) is 4.74 Å². The smallest absolute Gasteiger partial charge is 0.410 e. The first-order valence-electron chi connectivity index (χ1n) is 8.63. The molecule has 0 radical (unpaired) electrons. The Morgan fingerprint density at radius 3 is 2.36 bits per heavy atom.